The van der Waals surface area contributed by atoms with Crippen LogP contribution in [0.3, 0.4) is 0 Å². The van der Waals surface area contributed by atoms with E-state index in [9.17, 15) is 14.0 Å². The van der Waals surface area contributed by atoms with Crippen molar-refractivity contribution in [2.45, 2.75) is 10.1 Å². The number of carboxylic acid groups (broad SMARTS) is 1. The van der Waals surface area contributed by atoms with Crippen LogP contribution in [0.4, 0.5) is 4.39 Å². The van der Waals surface area contributed by atoms with Gasteiger partial charge in [-0.1, -0.05) is 12.2 Å². The number of carboxylic acids is 1. The Bertz CT molecular complexity index is 716. The van der Waals surface area contributed by atoms with E-state index in [2.05, 4.69) is 0 Å². The van der Waals surface area contributed by atoms with Crippen LogP contribution in [-0.4, -0.2) is 22.1 Å². The average molecular weight is 288 g/mol. The standard InChI is InChI=1S/C15H9FO3S/c16-10-3-4-13-11(7-10)12(17)5-8-1-2-9(15(18)19)6-14(8)20-13/h1-7,14H,(H,18,19). The zero-order valence-electron chi connectivity index (χ0n) is 10.2. The molecule has 0 fully saturated rings. The number of ketones is 1. The molecule has 0 saturated carbocycles. The lowest BCUT2D eigenvalue weighted by molar-refractivity contribution is -0.132. The van der Waals surface area contributed by atoms with Gasteiger partial charge < -0.3 is 5.11 Å². The Morgan fingerprint density at radius 1 is 1.30 bits per heavy atom. The highest BCUT2D eigenvalue weighted by molar-refractivity contribution is 8.00. The Labute approximate surface area is 118 Å². The number of carbonyl (C=O) groups excluding carboxylic acids is 1. The predicted octanol–water partition coefficient (Wildman–Crippen LogP) is 2.99. The van der Waals surface area contributed by atoms with Gasteiger partial charge in [-0.25, -0.2) is 9.18 Å². The van der Waals surface area contributed by atoms with Crippen molar-refractivity contribution >= 4 is 23.5 Å². The van der Waals surface area contributed by atoms with Crippen LogP contribution in [0.5, 0.6) is 0 Å². The first kappa shape index (κ1) is 12.9. The molecule has 3 nitrogen and oxygen atoms in total. The Morgan fingerprint density at radius 2 is 2.10 bits per heavy atom. The molecule has 1 atom stereocenters. The second kappa shape index (κ2) is 4.76. The van der Waals surface area contributed by atoms with Crippen LogP contribution in [0.1, 0.15) is 10.4 Å². The molecule has 1 unspecified atom stereocenters. The summed E-state index contributed by atoms with van der Waals surface area (Å²) in [6, 6.07) is 4.06. The Balaban J connectivity index is 2.08. The normalized spacial score (nSPS) is 20.4. The van der Waals surface area contributed by atoms with Crippen molar-refractivity contribution in [1.82, 2.24) is 0 Å². The minimum atomic E-state index is -1.00. The molecule has 1 heterocycles. The monoisotopic (exact) mass is 288 g/mol. The predicted molar refractivity (Wildman–Crippen MR) is 73.3 cm³/mol. The summed E-state index contributed by atoms with van der Waals surface area (Å²) in [7, 11) is 0. The number of allylic oxidation sites excluding steroid dienone is 2. The van der Waals surface area contributed by atoms with Crippen LogP contribution in [0.15, 0.2) is 58.5 Å². The number of rotatable bonds is 1. The summed E-state index contributed by atoms with van der Waals surface area (Å²) in [5.41, 5.74) is 1.23. The molecule has 2 aliphatic rings. The third-order valence-corrected chi connectivity index (χ3v) is 4.39. The lowest BCUT2D eigenvalue weighted by atomic mass is 9.99. The fourth-order valence-corrected chi connectivity index (χ4v) is 3.34. The zero-order chi connectivity index (χ0) is 14.3. The molecule has 0 saturated heterocycles. The lowest BCUT2D eigenvalue weighted by Crippen LogP contribution is -2.10. The number of hydrogen-bond acceptors (Lipinski definition) is 3. The molecule has 20 heavy (non-hydrogen) atoms. The molecular weight excluding hydrogens is 279 g/mol. The Hall–Kier alpha value is -2.14. The summed E-state index contributed by atoms with van der Waals surface area (Å²) in [4.78, 5) is 23.8. The molecule has 1 aliphatic heterocycles. The third kappa shape index (κ3) is 2.20. The summed E-state index contributed by atoms with van der Waals surface area (Å²) in [5, 5.41) is 8.77. The number of halogens is 1. The molecule has 0 amide bonds. The highest BCUT2D eigenvalue weighted by Gasteiger charge is 2.25. The van der Waals surface area contributed by atoms with E-state index in [-0.39, 0.29) is 16.6 Å². The maximum atomic E-state index is 13.3. The van der Waals surface area contributed by atoms with Gasteiger partial charge in [0.05, 0.1) is 10.8 Å². The molecule has 0 aromatic heterocycles. The zero-order valence-corrected chi connectivity index (χ0v) is 11.0. The average Bonchev–Trinajstić information content (AvgIpc) is 2.54. The first-order chi connectivity index (χ1) is 9.54. The summed E-state index contributed by atoms with van der Waals surface area (Å²) >= 11 is 1.35. The lowest BCUT2D eigenvalue weighted by Gasteiger charge is -2.16. The van der Waals surface area contributed by atoms with Crippen molar-refractivity contribution in [3.8, 4) is 0 Å². The van der Waals surface area contributed by atoms with Crippen molar-refractivity contribution in [3.05, 3.63) is 65.0 Å². The van der Waals surface area contributed by atoms with Crippen LogP contribution in [-0.2, 0) is 4.79 Å². The highest BCUT2D eigenvalue weighted by atomic mass is 32.2. The van der Waals surface area contributed by atoms with Gasteiger partial charge in [0.2, 0.25) is 0 Å². The maximum Gasteiger partial charge on any atom is 0.335 e. The van der Waals surface area contributed by atoms with Gasteiger partial charge in [-0.3, -0.25) is 4.79 Å². The first-order valence-electron chi connectivity index (χ1n) is 5.90. The van der Waals surface area contributed by atoms with Crippen molar-refractivity contribution in [3.63, 3.8) is 0 Å². The maximum absolute atomic E-state index is 13.3. The van der Waals surface area contributed by atoms with E-state index in [4.69, 9.17) is 5.11 Å². The minimum Gasteiger partial charge on any atom is -0.478 e. The fourth-order valence-electron chi connectivity index (χ4n) is 2.13. The number of aliphatic carboxylic acids is 1. The number of hydrogen-bond donors (Lipinski definition) is 1. The number of thioether (sulfide) groups is 1. The molecule has 1 N–H and O–H groups in total. The van der Waals surface area contributed by atoms with E-state index >= 15 is 0 Å². The number of carbonyl (C=O) groups is 2. The Kier molecular flexibility index (Phi) is 3.06. The Morgan fingerprint density at radius 3 is 2.85 bits per heavy atom. The minimum absolute atomic E-state index is 0.192. The molecule has 1 aromatic carbocycles. The largest absolute Gasteiger partial charge is 0.478 e. The smallest absolute Gasteiger partial charge is 0.335 e. The van der Waals surface area contributed by atoms with Crippen molar-refractivity contribution in [1.29, 1.82) is 0 Å². The van der Waals surface area contributed by atoms with Gasteiger partial charge in [0.1, 0.15) is 5.82 Å². The van der Waals surface area contributed by atoms with Gasteiger partial charge in [-0.15, -0.1) is 11.8 Å². The van der Waals surface area contributed by atoms with Crippen LogP contribution in [0.2, 0.25) is 0 Å². The van der Waals surface area contributed by atoms with E-state index in [1.54, 1.807) is 18.2 Å². The van der Waals surface area contributed by atoms with Gasteiger partial charge in [-0.2, -0.15) is 0 Å². The molecule has 5 heteroatoms. The molecular formula is C15H9FO3S. The fraction of sp³-hybridized carbons (Fsp3) is 0.0667. The van der Waals surface area contributed by atoms with Gasteiger partial charge >= 0.3 is 5.97 Å². The van der Waals surface area contributed by atoms with Crippen molar-refractivity contribution in [2.75, 3.05) is 0 Å². The molecule has 0 bridgehead atoms. The van der Waals surface area contributed by atoms with E-state index in [1.807, 2.05) is 0 Å². The number of fused-ring (bicyclic) bond motifs is 2. The van der Waals surface area contributed by atoms with Gasteiger partial charge in [0.15, 0.2) is 5.78 Å². The second-order valence-corrected chi connectivity index (χ2v) is 5.63. The van der Waals surface area contributed by atoms with E-state index in [0.717, 1.165) is 5.57 Å². The summed E-state index contributed by atoms with van der Waals surface area (Å²) < 4.78 is 13.3. The van der Waals surface area contributed by atoms with E-state index < -0.39 is 11.8 Å². The molecule has 100 valence electrons. The van der Waals surface area contributed by atoms with Gasteiger partial charge in [0, 0.05) is 10.5 Å². The quantitative estimate of drug-likeness (QED) is 0.863. The van der Waals surface area contributed by atoms with Crippen LogP contribution in [0, 0.1) is 5.82 Å². The topological polar surface area (TPSA) is 54.4 Å². The van der Waals surface area contributed by atoms with Crippen molar-refractivity contribution < 1.29 is 19.1 Å². The number of benzene rings is 1. The molecule has 0 spiro atoms. The van der Waals surface area contributed by atoms with Gasteiger partial charge in [-0.05, 0) is 35.9 Å². The van der Waals surface area contributed by atoms with Gasteiger partial charge in [0.25, 0.3) is 0 Å². The van der Waals surface area contributed by atoms with Crippen LogP contribution >= 0.6 is 11.8 Å². The third-order valence-electron chi connectivity index (χ3n) is 3.12. The van der Waals surface area contributed by atoms with E-state index in [0.29, 0.717) is 10.5 Å². The summed E-state index contributed by atoms with van der Waals surface area (Å²) in [6.45, 7) is 0. The van der Waals surface area contributed by atoms with Crippen LogP contribution < -0.4 is 0 Å². The summed E-state index contributed by atoms with van der Waals surface area (Å²) in [6.07, 6.45) is 6.13. The molecule has 3 rings (SSSR count). The molecule has 1 aromatic rings. The first-order valence-corrected chi connectivity index (χ1v) is 6.78. The molecule has 0 radical (unpaired) electrons. The SMILES string of the molecule is O=C(O)C1=CC2Sc3ccc(F)cc3C(=O)C=C2C=C1. The highest BCUT2D eigenvalue weighted by Crippen LogP contribution is 2.38. The van der Waals surface area contributed by atoms with E-state index in [1.165, 1.54) is 36.0 Å². The second-order valence-electron chi connectivity index (χ2n) is 4.45. The molecule has 1 aliphatic carbocycles. The van der Waals surface area contributed by atoms with Crippen molar-refractivity contribution in [2.24, 2.45) is 0 Å². The van der Waals surface area contributed by atoms with Crippen LogP contribution in [0.25, 0.3) is 0 Å². The summed E-state index contributed by atoms with van der Waals surface area (Å²) in [5.74, 6) is -1.73.